The third-order valence-electron chi connectivity index (χ3n) is 3.36. The minimum absolute atomic E-state index is 0.419. The number of fused-ring (bicyclic) bond motifs is 1. The molecule has 0 spiro atoms. The van der Waals surface area contributed by atoms with Crippen molar-refractivity contribution in [2.24, 2.45) is 0 Å². The Morgan fingerprint density at radius 2 is 2.53 bits per heavy atom. The van der Waals surface area contributed by atoms with Gasteiger partial charge in [-0.3, -0.25) is 4.90 Å². The highest BCUT2D eigenvalue weighted by molar-refractivity contribution is 5.79. The molecule has 1 aliphatic heterocycles. The van der Waals surface area contributed by atoms with Crippen LogP contribution >= 0.6 is 0 Å². The highest BCUT2D eigenvalue weighted by Gasteiger charge is 2.26. The highest BCUT2D eigenvalue weighted by Crippen LogP contribution is 2.18. The van der Waals surface area contributed by atoms with E-state index in [1.54, 1.807) is 6.20 Å². The fourth-order valence-corrected chi connectivity index (χ4v) is 2.38. The molecule has 0 saturated carbocycles. The van der Waals surface area contributed by atoms with Crippen molar-refractivity contribution >= 4 is 17.0 Å². The van der Waals surface area contributed by atoms with Crippen LogP contribution < -0.4 is 0 Å². The fourth-order valence-electron chi connectivity index (χ4n) is 2.38. The van der Waals surface area contributed by atoms with E-state index in [1.807, 2.05) is 18.3 Å². The Balaban J connectivity index is 1.76. The number of carboxylic acid groups (broad SMARTS) is 1. The molecule has 0 aliphatic carbocycles. The van der Waals surface area contributed by atoms with E-state index < -0.39 is 12.1 Å². The summed E-state index contributed by atoms with van der Waals surface area (Å²) in [6.07, 6.45) is 2.96. The van der Waals surface area contributed by atoms with Gasteiger partial charge in [-0.1, -0.05) is 0 Å². The van der Waals surface area contributed by atoms with Crippen molar-refractivity contribution in [1.82, 2.24) is 14.9 Å². The molecule has 0 radical (unpaired) electrons. The molecule has 1 atom stereocenters. The monoisotopic (exact) mass is 261 g/mol. The first-order valence-corrected chi connectivity index (χ1v) is 6.22. The number of nitrogens with zero attached hydrogens (tertiary/aromatic N) is 2. The number of carboxylic acids is 1. The predicted octanol–water partition coefficient (Wildman–Crippen LogP) is 0.848. The molecule has 0 aromatic carbocycles. The van der Waals surface area contributed by atoms with Crippen molar-refractivity contribution in [2.75, 3.05) is 19.7 Å². The Morgan fingerprint density at radius 1 is 1.63 bits per heavy atom. The van der Waals surface area contributed by atoms with Crippen LogP contribution in [0.15, 0.2) is 24.5 Å². The largest absolute Gasteiger partial charge is 0.479 e. The van der Waals surface area contributed by atoms with Crippen LogP contribution in [0.1, 0.15) is 5.56 Å². The van der Waals surface area contributed by atoms with Gasteiger partial charge in [-0.25, -0.2) is 9.78 Å². The van der Waals surface area contributed by atoms with Crippen LogP contribution in [0.5, 0.6) is 0 Å². The van der Waals surface area contributed by atoms with Crippen molar-refractivity contribution in [1.29, 1.82) is 0 Å². The Morgan fingerprint density at radius 3 is 3.37 bits per heavy atom. The molecule has 0 amide bonds. The molecule has 3 heterocycles. The Hall–Kier alpha value is -1.92. The summed E-state index contributed by atoms with van der Waals surface area (Å²) in [5.41, 5.74) is 2.00. The van der Waals surface area contributed by atoms with E-state index in [4.69, 9.17) is 9.84 Å². The molecule has 19 heavy (non-hydrogen) atoms. The number of aromatic nitrogens is 2. The number of hydrogen-bond donors (Lipinski definition) is 2. The summed E-state index contributed by atoms with van der Waals surface area (Å²) >= 11 is 0. The van der Waals surface area contributed by atoms with Gasteiger partial charge in [-0.05, 0) is 17.7 Å². The molecule has 0 bridgehead atoms. The van der Waals surface area contributed by atoms with Gasteiger partial charge in [0.05, 0.1) is 6.61 Å². The van der Waals surface area contributed by atoms with E-state index in [0.717, 1.165) is 23.1 Å². The predicted molar refractivity (Wildman–Crippen MR) is 68.7 cm³/mol. The summed E-state index contributed by atoms with van der Waals surface area (Å²) in [6, 6.07) is 3.92. The first-order chi connectivity index (χ1) is 9.24. The zero-order chi connectivity index (χ0) is 13.2. The van der Waals surface area contributed by atoms with E-state index in [2.05, 4.69) is 14.9 Å². The van der Waals surface area contributed by atoms with Gasteiger partial charge in [0.15, 0.2) is 6.10 Å². The maximum absolute atomic E-state index is 10.9. The first kappa shape index (κ1) is 12.1. The quantitative estimate of drug-likeness (QED) is 0.856. The first-order valence-electron chi connectivity index (χ1n) is 6.22. The topological polar surface area (TPSA) is 78.5 Å². The summed E-state index contributed by atoms with van der Waals surface area (Å²) in [5, 5.41) is 10.1. The van der Waals surface area contributed by atoms with Crippen LogP contribution in [0.3, 0.4) is 0 Å². The molecule has 1 saturated heterocycles. The highest BCUT2D eigenvalue weighted by atomic mass is 16.5. The Labute approximate surface area is 110 Å². The van der Waals surface area contributed by atoms with Gasteiger partial charge in [-0.15, -0.1) is 0 Å². The number of rotatable bonds is 3. The standard InChI is InChI=1S/C13H15N3O3/c17-13(18)11-8-16(4-5-19-11)7-9-6-15-12-10(9)2-1-3-14-12/h1-3,6,11H,4-5,7-8H2,(H,14,15)(H,17,18). The number of carbonyl (C=O) groups is 1. The van der Waals surface area contributed by atoms with Crippen molar-refractivity contribution in [3.05, 3.63) is 30.1 Å². The van der Waals surface area contributed by atoms with Gasteiger partial charge in [0.2, 0.25) is 0 Å². The van der Waals surface area contributed by atoms with Gasteiger partial charge >= 0.3 is 5.97 Å². The maximum Gasteiger partial charge on any atom is 0.334 e. The number of hydrogen-bond acceptors (Lipinski definition) is 4. The van der Waals surface area contributed by atoms with E-state index in [-0.39, 0.29) is 0 Å². The molecule has 1 fully saturated rings. The molecular weight excluding hydrogens is 246 g/mol. The molecule has 6 nitrogen and oxygen atoms in total. The Kier molecular flexibility index (Phi) is 3.18. The normalized spacial score (nSPS) is 20.7. The van der Waals surface area contributed by atoms with Gasteiger partial charge in [-0.2, -0.15) is 0 Å². The van der Waals surface area contributed by atoms with Crippen LogP contribution in [-0.4, -0.2) is 51.7 Å². The van der Waals surface area contributed by atoms with Crippen LogP contribution in [-0.2, 0) is 16.1 Å². The third-order valence-corrected chi connectivity index (χ3v) is 3.36. The van der Waals surface area contributed by atoms with E-state index >= 15 is 0 Å². The maximum atomic E-state index is 10.9. The molecule has 1 unspecified atom stereocenters. The zero-order valence-corrected chi connectivity index (χ0v) is 10.4. The number of H-pyrrole nitrogens is 1. The SMILES string of the molecule is O=C(O)C1CN(Cc2c[nH]c3ncccc23)CCO1. The average Bonchev–Trinajstić information content (AvgIpc) is 2.83. The molecule has 100 valence electrons. The number of ether oxygens (including phenoxy) is 1. The van der Waals surface area contributed by atoms with Gasteiger partial charge in [0, 0.05) is 37.4 Å². The lowest BCUT2D eigenvalue weighted by Gasteiger charge is -2.30. The number of aliphatic carboxylic acids is 1. The van der Waals surface area contributed by atoms with Crippen LogP contribution in [0, 0.1) is 0 Å². The number of pyridine rings is 1. The second-order valence-corrected chi connectivity index (χ2v) is 4.65. The molecule has 2 N–H and O–H groups in total. The second-order valence-electron chi connectivity index (χ2n) is 4.65. The van der Waals surface area contributed by atoms with E-state index in [1.165, 1.54) is 0 Å². The van der Waals surface area contributed by atoms with Crippen LogP contribution in [0.25, 0.3) is 11.0 Å². The molecule has 6 heteroatoms. The average molecular weight is 261 g/mol. The summed E-state index contributed by atoms with van der Waals surface area (Å²) < 4.78 is 5.21. The van der Waals surface area contributed by atoms with Crippen molar-refractivity contribution in [2.45, 2.75) is 12.6 Å². The van der Waals surface area contributed by atoms with Crippen molar-refractivity contribution < 1.29 is 14.6 Å². The van der Waals surface area contributed by atoms with Crippen molar-refractivity contribution in [3.63, 3.8) is 0 Å². The van der Waals surface area contributed by atoms with Crippen LogP contribution in [0.4, 0.5) is 0 Å². The molecule has 3 rings (SSSR count). The van der Waals surface area contributed by atoms with E-state index in [0.29, 0.717) is 19.7 Å². The van der Waals surface area contributed by atoms with Crippen LogP contribution in [0.2, 0.25) is 0 Å². The van der Waals surface area contributed by atoms with E-state index in [9.17, 15) is 4.79 Å². The lowest BCUT2D eigenvalue weighted by Crippen LogP contribution is -2.45. The zero-order valence-electron chi connectivity index (χ0n) is 10.4. The number of aromatic amines is 1. The molecule has 2 aromatic heterocycles. The number of morpholine rings is 1. The minimum Gasteiger partial charge on any atom is -0.479 e. The minimum atomic E-state index is -0.898. The van der Waals surface area contributed by atoms with Gasteiger partial charge in [0.25, 0.3) is 0 Å². The van der Waals surface area contributed by atoms with Gasteiger partial charge in [0.1, 0.15) is 5.65 Å². The summed E-state index contributed by atoms with van der Waals surface area (Å²) in [4.78, 5) is 20.4. The lowest BCUT2D eigenvalue weighted by atomic mass is 10.2. The summed E-state index contributed by atoms with van der Waals surface area (Å²) in [5.74, 6) is -0.898. The second kappa shape index (κ2) is 4.99. The molecule has 2 aromatic rings. The number of nitrogens with one attached hydrogen (secondary N) is 1. The Bertz CT molecular complexity index is 596. The van der Waals surface area contributed by atoms with Gasteiger partial charge < -0.3 is 14.8 Å². The summed E-state index contributed by atoms with van der Waals surface area (Å²) in [7, 11) is 0. The van der Waals surface area contributed by atoms with Crippen molar-refractivity contribution in [3.8, 4) is 0 Å². The molecule has 1 aliphatic rings. The smallest absolute Gasteiger partial charge is 0.334 e. The molecular formula is C13H15N3O3. The lowest BCUT2D eigenvalue weighted by molar-refractivity contribution is -0.156. The third kappa shape index (κ3) is 2.45. The summed E-state index contributed by atoms with van der Waals surface area (Å²) in [6.45, 7) is 2.33. The fraction of sp³-hybridized carbons (Fsp3) is 0.385.